The number of anilines is 1. The number of ether oxygens (including phenoxy) is 3. The van der Waals surface area contributed by atoms with Gasteiger partial charge in [0.1, 0.15) is 16.7 Å². The summed E-state index contributed by atoms with van der Waals surface area (Å²) in [5, 5.41) is 3.01. The van der Waals surface area contributed by atoms with E-state index in [-0.39, 0.29) is 20.8 Å². The fraction of sp³-hybridized carbons (Fsp3) is 0.368. The lowest BCUT2D eigenvalue weighted by molar-refractivity contribution is -0.139. The molecule has 1 heterocycles. The first kappa shape index (κ1) is 23.5. The highest BCUT2D eigenvalue weighted by Crippen LogP contribution is 2.40. The predicted molar refractivity (Wildman–Crippen MR) is 111 cm³/mol. The fourth-order valence-electron chi connectivity index (χ4n) is 3.08. The molecule has 1 atom stereocenters. The summed E-state index contributed by atoms with van der Waals surface area (Å²) in [6.07, 6.45) is -4.54. The second kappa shape index (κ2) is 9.13. The van der Waals surface area contributed by atoms with Gasteiger partial charge < -0.3 is 19.5 Å². The summed E-state index contributed by atoms with van der Waals surface area (Å²) in [4.78, 5) is -0.174. The molecule has 7 nitrogen and oxygen atoms in total. The topological polar surface area (TPSA) is 85.9 Å². The number of sulfonamides is 1. The molecule has 0 amide bonds. The van der Waals surface area contributed by atoms with Crippen LogP contribution in [0.15, 0.2) is 39.7 Å². The molecule has 31 heavy (non-hydrogen) atoms. The molecule has 1 saturated heterocycles. The zero-order valence-corrected chi connectivity index (χ0v) is 18.9. The Hall–Kier alpha value is -2.18. The Kier molecular flexibility index (Phi) is 6.92. The average molecular weight is 525 g/mol. The highest BCUT2D eigenvalue weighted by molar-refractivity contribution is 9.10. The highest BCUT2D eigenvalue weighted by atomic mass is 79.9. The van der Waals surface area contributed by atoms with Crippen LogP contribution in [0.1, 0.15) is 12.0 Å². The standard InChI is InChI=1S/C19H20BrF3N2O5S/c1-28-16-8-14(20)18(9-17(16)29-2)31(26,27)25-11-3-4-13(19(21,22)23)15(7-11)30-12-5-6-24-10-12/h3-4,7-9,12,24-25H,5-6,10H2,1-2H3. The van der Waals surface area contributed by atoms with E-state index in [9.17, 15) is 21.6 Å². The van der Waals surface area contributed by atoms with Crippen LogP contribution in [-0.2, 0) is 16.2 Å². The molecule has 0 saturated carbocycles. The zero-order chi connectivity index (χ0) is 22.8. The molecule has 0 aromatic heterocycles. The van der Waals surface area contributed by atoms with Gasteiger partial charge in [-0.2, -0.15) is 13.2 Å². The van der Waals surface area contributed by atoms with Crippen LogP contribution >= 0.6 is 15.9 Å². The fourth-order valence-corrected chi connectivity index (χ4v) is 5.16. The van der Waals surface area contributed by atoms with Crippen LogP contribution in [0.5, 0.6) is 17.2 Å². The predicted octanol–water partition coefficient (Wildman–Crippen LogP) is 4.03. The Morgan fingerprint density at radius 2 is 1.77 bits per heavy atom. The van der Waals surface area contributed by atoms with Crippen molar-refractivity contribution in [3.8, 4) is 17.2 Å². The van der Waals surface area contributed by atoms with Gasteiger partial charge in [0.25, 0.3) is 10.0 Å². The van der Waals surface area contributed by atoms with Gasteiger partial charge in [-0.3, -0.25) is 4.72 Å². The molecule has 170 valence electrons. The van der Waals surface area contributed by atoms with Crippen LogP contribution in [0.2, 0.25) is 0 Å². The first-order valence-electron chi connectivity index (χ1n) is 9.08. The molecule has 12 heteroatoms. The van der Waals surface area contributed by atoms with Gasteiger partial charge in [0, 0.05) is 23.2 Å². The molecule has 0 aliphatic carbocycles. The molecule has 1 aliphatic heterocycles. The van der Waals surface area contributed by atoms with Crippen molar-refractivity contribution in [1.82, 2.24) is 5.32 Å². The summed E-state index contributed by atoms with van der Waals surface area (Å²) in [6, 6.07) is 5.53. The smallest absolute Gasteiger partial charge is 0.419 e. The summed E-state index contributed by atoms with van der Waals surface area (Å²) in [5.41, 5.74) is -1.05. The van der Waals surface area contributed by atoms with E-state index in [1.54, 1.807) is 0 Å². The van der Waals surface area contributed by atoms with Gasteiger partial charge in [0.2, 0.25) is 0 Å². The summed E-state index contributed by atoms with van der Waals surface area (Å²) in [7, 11) is -1.42. The van der Waals surface area contributed by atoms with Crippen LogP contribution in [0.3, 0.4) is 0 Å². The molecule has 0 bridgehead atoms. The van der Waals surface area contributed by atoms with Crippen molar-refractivity contribution in [2.45, 2.75) is 23.6 Å². The van der Waals surface area contributed by atoms with E-state index >= 15 is 0 Å². The molecule has 0 spiro atoms. The molecule has 2 N–H and O–H groups in total. The Labute approximate surface area is 186 Å². The van der Waals surface area contributed by atoms with Crippen molar-refractivity contribution < 1.29 is 35.8 Å². The average Bonchev–Trinajstić information content (AvgIpc) is 3.19. The molecule has 3 rings (SSSR count). The van der Waals surface area contributed by atoms with Gasteiger partial charge in [0.05, 0.1) is 25.5 Å². The Morgan fingerprint density at radius 1 is 1.10 bits per heavy atom. The van der Waals surface area contributed by atoms with E-state index in [0.717, 1.165) is 18.2 Å². The molecule has 2 aromatic rings. The summed E-state index contributed by atoms with van der Waals surface area (Å²) in [5.74, 6) is 0.0488. The maximum Gasteiger partial charge on any atom is 0.419 e. The maximum absolute atomic E-state index is 13.4. The number of hydrogen-bond donors (Lipinski definition) is 2. The maximum atomic E-state index is 13.4. The quantitative estimate of drug-likeness (QED) is 0.568. The van der Waals surface area contributed by atoms with Gasteiger partial charge in [0.15, 0.2) is 11.5 Å². The first-order chi connectivity index (χ1) is 14.5. The molecule has 0 radical (unpaired) electrons. The third kappa shape index (κ3) is 5.36. The minimum atomic E-state index is -4.65. The Bertz CT molecular complexity index is 1060. The molecule has 1 fully saturated rings. The van der Waals surface area contributed by atoms with Crippen molar-refractivity contribution in [1.29, 1.82) is 0 Å². The van der Waals surface area contributed by atoms with Gasteiger partial charge in [-0.25, -0.2) is 8.42 Å². The number of halogens is 4. The van der Waals surface area contributed by atoms with E-state index in [4.69, 9.17) is 14.2 Å². The highest BCUT2D eigenvalue weighted by Gasteiger charge is 2.35. The van der Waals surface area contributed by atoms with Crippen molar-refractivity contribution in [3.63, 3.8) is 0 Å². The molecule has 1 unspecified atom stereocenters. The molecule has 1 aliphatic rings. The van der Waals surface area contributed by atoms with Gasteiger partial charge in [-0.1, -0.05) is 0 Å². The van der Waals surface area contributed by atoms with Crippen LogP contribution in [0.4, 0.5) is 18.9 Å². The van der Waals surface area contributed by atoms with Crippen LogP contribution in [0, 0.1) is 0 Å². The van der Waals surface area contributed by atoms with E-state index in [1.807, 2.05) is 0 Å². The number of benzene rings is 2. The molecular weight excluding hydrogens is 505 g/mol. The first-order valence-corrected chi connectivity index (χ1v) is 11.4. The number of methoxy groups -OCH3 is 2. The second-order valence-electron chi connectivity index (χ2n) is 6.68. The summed E-state index contributed by atoms with van der Waals surface area (Å²) >= 11 is 3.18. The number of rotatable bonds is 7. The van der Waals surface area contributed by atoms with Gasteiger partial charge in [-0.05, 0) is 47.1 Å². The van der Waals surface area contributed by atoms with Crippen molar-refractivity contribution in [2.24, 2.45) is 0 Å². The van der Waals surface area contributed by atoms with Crippen LogP contribution in [0.25, 0.3) is 0 Å². The molecule has 2 aromatic carbocycles. The minimum absolute atomic E-state index is 0.0735. The van der Waals surface area contributed by atoms with Crippen LogP contribution < -0.4 is 24.2 Å². The largest absolute Gasteiger partial charge is 0.493 e. The SMILES string of the molecule is COc1cc(Br)c(S(=O)(=O)Nc2ccc(C(F)(F)F)c(OC3CCNC3)c2)cc1OC. The van der Waals surface area contributed by atoms with Crippen molar-refractivity contribution in [2.75, 3.05) is 32.0 Å². The lowest BCUT2D eigenvalue weighted by atomic mass is 10.1. The normalized spacial score (nSPS) is 16.8. The van der Waals surface area contributed by atoms with Gasteiger partial charge >= 0.3 is 6.18 Å². The minimum Gasteiger partial charge on any atom is -0.493 e. The lowest BCUT2D eigenvalue weighted by Gasteiger charge is -2.19. The van der Waals surface area contributed by atoms with Crippen LogP contribution in [-0.4, -0.2) is 41.8 Å². The monoisotopic (exact) mass is 524 g/mol. The number of nitrogens with one attached hydrogen (secondary N) is 2. The lowest BCUT2D eigenvalue weighted by Crippen LogP contribution is -2.22. The second-order valence-corrected chi connectivity index (χ2v) is 9.19. The number of hydrogen-bond acceptors (Lipinski definition) is 6. The number of alkyl halides is 3. The molecular formula is C19H20BrF3N2O5S. The third-order valence-electron chi connectivity index (χ3n) is 4.58. The van der Waals surface area contributed by atoms with E-state index in [1.165, 1.54) is 26.4 Å². The van der Waals surface area contributed by atoms with Crippen molar-refractivity contribution >= 4 is 31.6 Å². The van der Waals surface area contributed by atoms with E-state index in [2.05, 4.69) is 26.0 Å². The van der Waals surface area contributed by atoms with Gasteiger partial charge in [-0.15, -0.1) is 0 Å². The third-order valence-corrected chi connectivity index (χ3v) is 6.92. The summed E-state index contributed by atoms with van der Waals surface area (Å²) < 4.78 is 84.3. The van der Waals surface area contributed by atoms with E-state index < -0.39 is 33.6 Å². The Morgan fingerprint density at radius 3 is 2.35 bits per heavy atom. The summed E-state index contributed by atoms with van der Waals surface area (Å²) in [6.45, 7) is 1.04. The zero-order valence-electron chi connectivity index (χ0n) is 16.5. The Balaban J connectivity index is 1.96. The van der Waals surface area contributed by atoms with Crippen molar-refractivity contribution in [3.05, 3.63) is 40.4 Å². The van der Waals surface area contributed by atoms with E-state index in [0.29, 0.717) is 25.3 Å².